The number of likely N-dealkylation sites (tertiary alicyclic amines) is 1. The number of imidazole rings is 1. The molecular weight excluding hydrogens is 451 g/mol. The van der Waals surface area contributed by atoms with Gasteiger partial charge in [0.15, 0.2) is 5.82 Å². The van der Waals surface area contributed by atoms with E-state index in [2.05, 4.69) is 6.07 Å². The summed E-state index contributed by atoms with van der Waals surface area (Å²) in [7, 11) is 1.42. The highest BCUT2D eigenvalue weighted by atomic mass is 19.1. The number of aryl methyl sites for hydroxylation is 1. The van der Waals surface area contributed by atoms with Gasteiger partial charge in [0.05, 0.1) is 24.6 Å². The maximum absolute atomic E-state index is 13.7. The lowest BCUT2D eigenvalue weighted by Crippen LogP contribution is -2.45. The lowest BCUT2D eigenvalue weighted by molar-refractivity contribution is 0.0670. The van der Waals surface area contributed by atoms with Crippen LogP contribution in [-0.2, 0) is 13.0 Å². The summed E-state index contributed by atoms with van der Waals surface area (Å²) in [6.45, 7) is 2.64. The lowest BCUT2D eigenvalue weighted by atomic mass is 9.93. The minimum atomic E-state index is -1.14. The number of aromatic nitrogens is 2. The number of rotatable bonds is 4. The Morgan fingerprint density at radius 3 is 2.63 bits per heavy atom. The van der Waals surface area contributed by atoms with Gasteiger partial charge in [-0.15, -0.1) is 0 Å². The number of aromatic carboxylic acids is 1. The molecule has 3 heterocycles. The van der Waals surface area contributed by atoms with E-state index in [0.717, 1.165) is 12.0 Å². The molecule has 1 saturated heterocycles. The third-order valence-electron chi connectivity index (χ3n) is 6.92. The molecule has 0 radical (unpaired) electrons. The Morgan fingerprint density at radius 2 is 1.97 bits per heavy atom. The summed E-state index contributed by atoms with van der Waals surface area (Å²) in [5.41, 5.74) is 2.21. The summed E-state index contributed by atoms with van der Waals surface area (Å²) in [4.78, 5) is 31.9. The molecule has 2 aliphatic heterocycles. The van der Waals surface area contributed by atoms with E-state index < -0.39 is 17.3 Å². The van der Waals surface area contributed by atoms with Crippen molar-refractivity contribution in [2.75, 3.05) is 13.7 Å². The number of carboxylic acids is 1. The fourth-order valence-corrected chi connectivity index (χ4v) is 5.06. The highest BCUT2D eigenvalue weighted by molar-refractivity contribution is 5.98. The number of ether oxygens (including phenoxy) is 1. The van der Waals surface area contributed by atoms with Crippen LogP contribution in [0.15, 0.2) is 36.4 Å². The van der Waals surface area contributed by atoms with E-state index in [9.17, 15) is 24.3 Å². The fourth-order valence-electron chi connectivity index (χ4n) is 5.06. The number of nitriles is 1. The molecule has 2 aromatic carbocycles. The number of benzene rings is 2. The number of fused-ring (bicyclic) bond motifs is 3. The minimum absolute atomic E-state index is 0.00423. The van der Waals surface area contributed by atoms with Crippen LogP contribution in [0.1, 0.15) is 46.3 Å². The van der Waals surface area contributed by atoms with Crippen LogP contribution in [0.25, 0.3) is 22.5 Å². The smallest absolute Gasteiger partial charge is 0.339 e. The van der Waals surface area contributed by atoms with Crippen molar-refractivity contribution in [1.82, 2.24) is 14.5 Å². The average molecular weight is 474 g/mol. The molecule has 0 unspecified atom stereocenters. The largest absolute Gasteiger partial charge is 0.496 e. The second kappa shape index (κ2) is 8.24. The first kappa shape index (κ1) is 22.6. The summed E-state index contributed by atoms with van der Waals surface area (Å²) in [6.07, 6.45) is 1.84. The Labute approximate surface area is 201 Å². The third kappa shape index (κ3) is 3.53. The first-order chi connectivity index (χ1) is 16.8. The van der Waals surface area contributed by atoms with Gasteiger partial charge in [0.1, 0.15) is 22.7 Å². The zero-order valence-corrected chi connectivity index (χ0v) is 19.3. The Bertz CT molecular complexity index is 1410. The number of amides is 1. The van der Waals surface area contributed by atoms with Gasteiger partial charge in [0.25, 0.3) is 5.91 Å². The molecule has 1 amide bonds. The van der Waals surface area contributed by atoms with Crippen LogP contribution in [0.5, 0.6) is 5.75 Å². The molecule has 3 aromatic rings. The molecule has 9 heteroatoms. The Kier molecular flexibility index (Phi) is 5.32. The number of methoxy groups -OCH3 is 1. The highest BCUT2D eigenvalue weighted by Gasteiger charge is 2.42. The van der Waals surface area contributed by atoms with Crippen molar-refractivity contribution in [2.24, 2.45) is 0 Å². The van der Waals surface area contributed by atoms with Gasteiger partial charge in [-0.25, -0.2) is 14.2 Å². The van der Waals surface area contributed by atoms with Gasteiger partial charge in [-0.2, -0.15) is 5.26 Å². The van der Waals surface area contributed by atoms with Gasteiger partial charge in [-0.1, -0.05) is 0 Å². The Hall–Kier alpha value is -4.19. The van der Waals surface area contributed by atoms with Crippen molar-refractivity contribution in [1.29, 1.82) is 5.26 Å². The van der Waals surface area contributed by atoms with Crippen LogP contribution >= 0.6 is 0 Å². The maximum Gasteiger partial charge on any atom is 0.339 e. The van der Waals surface area contributed by atoms with E-state index in [1.54, 1.807) is 40.7 Å². The molecular formula is C26H23FN4O4. The molecule has 178 valence electrons. The quantitative estimate of drug-likeness (QED) is 0.609. The fraction of sp³-hybridized carbons (Fsp3) is 0.308. The van der Waals surface area contributed by atoms with Crippen molar-refractivity contribution in [3.63, 3.8) is 0 Å². The van der Waals surface area contributed by atoms with Crippen LogP contribution in [-0.4, -0.2) is 50.6 Å². The predicted molar refractivity (Wildman–Crippen MR) is 125 cm³/mol. The first-order valence-electron chi connectivity index (χ1n) is 11.3. The second-order valence-corrected chi connectivity index (χ2v) is 9.00. The predicted octanol–water partition coefficient (Wildman–Crippen LogP) is 4.14. The molecule has 0 spiro atoms. The number of carbonyl (C=O) groups excluding carboxylic acids is 1. The van der Waals surface area contributed by atoms with E-state index in [4.69, 9.17) is 9.72 Å². The van der Waals surface area contributed by atoms with Crippen LogP contribution in [0.3, 0.4) is 0 Å². The Morgan fingerprint density at radius 1 is 1.23 bits per heavy atom. The molecule has 1 fully saturated rings. The topological polar surface area (TPSA) is 108 Å². The van der Waals surface area contributed by atoms with Crippen molar-refractivity contribution in [2.45, 2.75) is 38.3 Å². The first-order valence-corrected chi connectivity index (χ1v) is 11.3. The molecule has 1 atom stereocenters. The SMILES string of the molecule is COc1cc2c(cc1C(=O)O)-c1c(-c3ccc(F)cc3)nc(C(=O)N3CCC[C@]3(C)C#N)n1CC2. The average Bonchev–Trinajstić information content (AvgIpc) is 3.44. The van der Waals surface area contributed by atoms with Gasteiger partial charge in [-0.3, -0.25) is 4.79 Å². The second-order valence-electron chi connectivity index (χ2n) is 9.00. The molecule has 1 aromatic heterocycles. The molecule has 0 bridgehead atoms. The molecule has 2 aliphatic rings. The summed E-state index contributed by atoms with van der Waals surface area (Å²) in [6, 6.07) is 11.3. The van der Waals surface area contributed by atoms with Gasteiger partial charge in [-0.05, 0) is 68.1 Å². The van der Waals surface area contributed by atoms with Gasteiger partial charge in [0, 0.05) is 24.2 Å². The normalized spacial score (nSPS) is 18.5. The zero-order valence-electron chi connectivity index (χ0n) is 19.3. The summed E-state index contributed by atoms with van der Waals surface area (Å²) >= 11 is 0. The van der Waals surface area contributed by atoms with E-state index in [1.807, 2.05) is 0 Å². The Balaban J connectivity index is 1.75. The van der Waals surface area contributed by atoms with Crippen LogP contribution < -0.4 is 4.74 Å². The van der Waals surface area contributed by atoms with Gasteiger partial charge >= 0.3 is 5.97 Å². The number of nitrogens with zero attached hydrogens (tertiary/aromatic N) is 4. The third-order valence-corrected chi connectivity index (χ3v) is 6.92. The minimum Gasteiger partial charge on any atom is -0.496 e. The van der Waals surface area contributed by atoms with Crippen molar-refractivity contribution < 1.29 is 23.8 Å². The van der Waals surface area contributed by atoms with Crippen LogP contribution in [0.2, 0.25) is 0 Å². The standard InChI is InChI=1S/C26H23FN4O4/c1-26(14-28)9-3-10-31(26)24(32)23-29-21(15-4-6-17(27)7-5-15)22-18-13-19(25(33)34)20(35-2)12-16(18)8-11-30(22)23/h4-7,12-13H,3,8-11H2,1-2H3,(H,33,34)/t26-/m1/s1. The monoisotopic (exact) mass is 474 g/mol. The zero-order chi connectivity index (χ0) is 24.9. The van der Waals surface area contributed by atoms with E-state index in [1.165, 1.54) is 19.2 Å². The van der Waals surface area contributed by atoms with E-state index in [0.29, 0.717) is 48.4 Å². The molecule has 35 heavy (non-hydrogen) atoms. The number of halogens is 1. The molecule has 0 aliphatic carbocycles. The van der Waals surface area contributed by atoms with E-state index in [-0.39, 0.29) is 23.0 Å². The number of hydrogen-bond acceptors (Lipinski definition) is 5. The van der Waals surface area contributed by atoms with E-state index >= 15 is 0 Å². The lowest BCUT2D eigenvalue weighted by Gasteiger charge is -2.29. The highest BCUT2D eigenvalue weighted by Crippen LogP contribution is 2.41. The summed E-state index contributed by atoms with van der Waals surface area (Å²) in [5.74, 6) is -1.45. The van der Waals surface area contributed by atoms with Crippen LogP contribution in [0, 0.1) is 17.1 Å². The van der Waals surface area contributed by atoms with Gasteiger partial charge in [0.2, 0.25) is 0 Å². The van der Waals surface area contributed by atoms with Crippen LogP contribution in [0.4, 0.5) is 4.39 Å². The summed E-state index contributed by atoms with van der Waals surface area (Å²) < 4.78 is 20.8. The summed E-state index contributed by atoms with van der Waals surface area (Å²) in [5, 5.41) is 19.5. The molecule has 8 nitrogen and oxygen atoms in total. The van der Waals surface area contributed by atoms with Crippen molar-refractivity contribution in [3.05, 3.63) is 59.2 Å². The molecule has 1 N–H and O–H groups in total. The molecule has 5 rings (SSSR count). The van der Waals surface area contributed by atoms with Crippen molar-refractivity contribution in [3.8, 4) is 34.3 Å². The van der Waals surface area contributed by atoms with Crippen molar-refractivity contribution >= 4 is 11.9 Å². The number of carbonyl (C=O) groups is 2. The number of hydrogen-bond donors (Lipinski definition) is 1. The molecule has 0 saturated carbocycles. The number of carboxylic acid groups (broad SMARTS) is 1. The maximum atomic E-state index is 13.7. The van der Waals surface area contributed by atoms with Gasteiger partial charge < -0.3 is 19.3 Å².